The summed E-state index contributed by atoms with van der Waals surface area (Å²) in [4.78, 5) is 0. The third-order valence-corrected chi connectivity index (χ3v) is 17.5. The molecule has 0 aromatic heterocycles. The van der Waals surface area contributed by atoms with Gasteiger partial charge in [-0.3, -0.25) is 4.58 Å². The van der Waals surface area contributed by atoms with Gasteiger partial charge in [0.15, 0.2) is 0 Å². The zero-order chi connectivity index (χ0) is 22.5. The Morgan fingerprint density at radius 3 is 1.43 bits per heavy atom. The van der Waals surface area contributed by atoms with E-state index >= 15 is 0 Å². The maximum Gasteiger partial charge on any atom is 0.505 e. The zero-order valence-corrected chi connectivity index (χ0v) is 23.0. The lowest BCUT2D eigenvalue weighted by Crippen LogP contribution is -2.66. The molecule has 0 saturated carbocycles. The molecule has 0 radical (unpaired) electrons. The second kappa shape index (κ2) is 9.84. The molecule has 2 rings (SSSR count). The summed E-state index contributed by atoms with van der Waals surface area (Å²) in [5.41, 5.74) is 3.73. The van der Waals surface area contributed by atoms with E-state index in [2.05, 4.69) is 57.1 Å². The van der Waals surface area contributed by atoms with Gasteiger partial charge in [0, 0.05) is 6.55 Å². The van der Waals surface area contributed by atoms with Crippen molar-refractivity contribution in [1.82, 2.24) is 0 Å². The van der Waals surface area contributed by atoms with Crippen LogP contribution in [0.2, 0.25) is 39.3 Å². The summed E-state index contributed by atoms with van der Waals surface area (Å²) in [6.07, 6.45) is 0. The molecular formula is C22H34O4Si4. The Hall–Kier alpha value is -1.37. The molecule has 8 heteroatoms. The summed E-state index contributed by atoms with van der Waals surface area (Å²) in [5.74, 6) is 0. The highest BCUT2D eigenvalue weighted by molar-refractivity contribution is 7.01. The van der Waals surface area contributed by atoms with Gasteiger partial charge in [-0.25, -0.2) is 4.58 Å². The molecule has 0 amide bonds. The summed E-state index contributed by atoms with van der Waals surface area (Å²) in [5, 5.41) is 2.31. The van der Waals surface area contributed by atoms with Gasteiger partial charge in [-0.2, -0.15) is 0 Å². The fraction of sp³-hybridized carbons (Fsp3) is 0.273. The van der Waals surface area contributed by atoms with Crippen LogP contribution in [0.5, 0.6) is 0 Å². The normalized spacial score (nSPS) is 14.7. The first-order chi connectivity index (χ1) is 14.0. The van der Waals surface area contributed by atoms with Crippen molar-refractivity contribution in [3.05, 3.63) is 85.2 Å². The van der Waals surface area contributed by atoms with Crippen LogP contribution in [0, 0.1) is 0 Å². The van der Waals surface area contributed by atoms with Crippen molar-refractivity contribution in [2.45, 2.75) is 39.3 Å². The highest BCUT2D eigenvalue weighted by atomic mass is 28.5. The summed E-state index contributed by atoms with van der Waals surface area (Å²) in [7, 11) is -10.3. The van der Waals surface area contributed by atoms with Crippen molar-refractivity contribution >= 4 is 44.1 Å². The van der Waals surface area contributed by atoms with Gasteiger partial charge in [0.05, 0.1) is 0 Å². The van der Waals surface area contributed by atoms with Gasteiger partial charge in [0.25, 0.3) is 8.32 Å². The van der Waals surface area contributed by atoms with E-state index in [1.807, 2.05) is 67.4 Å². The molecule has 0 bridgehead atoms. The van der Waals surface area contributed by atoms with Crippen LogP contribution < -0.4 is 10.4 Å². The van der Waals surface area contributed by atoms with Crippen LogP contribution in [-0.2, 0) is 17.4 Å². The van der Waals surface area contributed by atoms with Gasteiger partial charge in [-0.1, -0.05) is 72.1 Å². The fourth-order valence-corrected chi connectivity index (χ4v) is 15.4. The first-order valence-electron chi connectivity index (χ1n) is 10.1. The second-order valence-corrected chi connectivity index (χ2v) is 22.8. The van der Waals surface area contributed by atoms with Crippen molar-refractivity contribution in [2.24, 2.45) is 0 Å². The van der Waals surface area contributed by atoms with Gasteiger partial charge in [0.1, 0.15) is 0 Å². The Morgan fingerprint density at radius 2 is 1.03 bits per heavy atom. The SMILES string of the molecule is C=C[Si](C)(C)OO[Si](C)(O[Si](C)(C)C=C)O[Si](C)(c1ccccc1)c1ccccc1. The third kappa shape index (κ3) is 6.56. The zero-order valence-electron chi connectivity index (χ0n) is 19.0. The Kier molecular flexibility index (Phi) is 8.16. The predicted molar refractivity (Wildman–Crippen MR) is 135 cm³/mol. The van der Waals surface area contributed by atoms with Gasteiger partial charge in [-0.15, -0.1) is 13.2 Å². The summed E-state index contributed by atoms with van der Waals surface area (Å²) >= 11 is 0. The number of rotatable bonds is 11. The van der Waals surface area contributed by atoms with Crippen LogP contribution in [0.3, 0.4) is 0 Å². The van der Waals surface area contributed by atoms with Crippen LogP contribution in [-0.4, -0.2) is 33.8 Å². The van der Waals surface area contributed by atoms with E-state index in [1.165, 1.54) is 0 Å². The average molecular weight is 475 g/mol. The minimum atomic E-state index is -3.22. The van der Waals surface area contributed by atoms with Crippen LogP contribution in [0.25, 0.3) is 0 Å². The van der Waals surface area contributed by atoms with Crippen molar-refractivity contribution in [3.8, 4) is 0 Å². The quantitative estimate of drug-likeness (QED) is 0.267. The minimum absolute atomic E-state index is 1.15. The molecule has 162 valence electrons. The van der Waals surface area contributed by atoms with Crippen LogP contribution >= 0.6 is 0 Å². The number of hydrogen-bond acceptors (Lipinski definition) is 4. The van der Waals surface area contributed by atoms with Gasteiger partial charge >= 0.3 is 8.80 Å². The van der Waals surface area contributed by atoms with Gasteiger partial charge < -0.3 is 8.23 Å². The number of hydrogen-bond donors (Lipinski definition) is 0. The maximum absolute atomic E-state index is 6.96. The second-order valence-electron chi connectivity index (χ2n) is 8.61. The van der Waals surface area contributed by atoms with E-state index in [-0.39, 0.29) is 0 Å². The summed E-state index contributed by atoms with van der Waals surface area (Å²) in [6.45, 7) is 20.2. The minimum Gasteiger partial charge on any atom is -0.411 e. The van der Waals surface area contributed by atoms with Crippen LogP contribution in [0.4, 0.5) is 0 Å². The third-order valence-electron chi connectivity index (χ3n) is 4.88. The molecule has 0 fully saturated rings. The van der Waals surface area contributed by atoms with Crippen molar-refractivity contribution < 1.29 is 17.4 Å². The standard InChI is InChI=1S/C22H34O4Si4/c1-9-27(3,4)23-24-30(8,25-28(5,6)10-2)26-29(7,21-17-13-11-14-18-21)22-19-15-12-16-20-22/h9-20H,1-2H2,3-8H3. The summed E-state index contributed by atoms with van der Waals surface area (Å²) in [6, 6.07) is 20.7. The van der Waals surface area contributed by atoms with E-state index in [9.17, 15) is 0 Å². The Labute approximate surface area is 185 Å². The molecule has 0 aliphatic rings. The highest BCUT2D eigenvalue weighted by Gasteiger charge is 2.50. The lowest BCUT2D eigenvalue weighted by Gasteiger charge is -2.40. The first kappa shape index (κ1) is 24.9. The molecule has 2 aromatic rings. The molecule has 1 unspecified atom stereocenters. The van der Waals surface area contributed by atoms with Crippen LogP contribution in [0.1, 0.15) is 0 Å². The van der Waals surface area contributed by atoms with Gasteiger partial charge in [-0.05, 0) is 43.1 Å². The van der Waals surface area contributed by atoms with Crippen molar-refractivity contribution in [1.29, 1.82) is 0 Å². The monoisotopic (exact) mass is 474 g/mol. The molecule has 0 heterocycles. The fourth-order valence-electron chi connectivity index (χ4n) is 2.96. The summed E-state index contributed by atoms with van der Waals surface area (Å²) < 4.78 is 25.5. The van der Waals surface area contributed by atoms with Gasteiger partial charge in [0.2, 0.25) is 16.6 Å². The van der Waals surface area contributed by atoms with Crippen molar-refractivity contribution in [2.75, 3.05) is 0 Å². The molecule has 0 spiro atoms. The average Bonchev–Trinajstić information content (AvgIpc) is 2.73. The van der Waals surface area contributed by atoms with E-state index in [4.69, 9.17) is 17.4 Å². The molecule has 2 aromatic carbocycles. The van der Waals surface area contributed by atoms with E-state index in [0.717, 1.165) is 10.4 Å². The lowest BCUT2D eigenvalue weighted by atomic mass is 10.4. The largest absolute Gasteiger partial charge is 0.505 e. The molecule has 4 nitrogen and oxygen atoms in total. The molecule has 30 heavy (non-hydrogen) atoms. The Bertz CT molecular complexity index is 803. The lowest BCUT2D eigenvalue weighted by molar-refractivity contribution is -0.154. The van der Waals surface area contributed by atoms with E-state index < -0.39 is 33.8 Å². The van der Waals surface area contributed by atoms with Crippen LogP contribution in [0.15, 0.2) is 85.2 Å². The smallest absolute Gasteiger partial charge is 0.411 e. The molecule has 1 atom stereocenters. The molecule has 0 aliphatic carbocycles. The maximum atomic E-state index is 6.96. The highest BCUT2D eigenvalue weighted by Crippen LogP contribution is 2.24. The Morgan fingerprint density at radius 1 is 0.600 bits per heavy atom. The van der Waals surface area contributed by atoms with E-state index in [1.54, 1.807) is 0 Å². The topological polar surface area (TPSA) is 36.9 Å². The molecule has 0 N–H and O–H groups in total. The molecular weight excluding hydrogens is 441 g/mol. The van der Waals surface area contributed by atoms with E-state index in [0.29, 0.717) is 0 Å². The predicted octanol–water partition coefficient (Wildman–Crippen LogP) is 4.79. The Balaban J connectivity index is 2.51. The first-order valence-corrected chi connectivity index (χ1v) is 20.7. The van der Waals surface area contributed by atoms with Crippen molar-refractivity contribution in [3.63, 3.8) is 0 Å². The number of benzene rings is 2. The molecule has 0 saturated heterocycles. The molecule has 0 aliphatic heterocycles.